The second-order valence-electron chi connectivity index (χ2n) is 3.76. The molecular formula is C11H16O5. The van der Waals surface area contributed by atoms with Crippen LogP contribution >= 0.6 is 0 Å². The van der Waals surface area contributed by atoms with Crippen LogP contribution in [0.4, 0.5) is 0 Å². The van der Waals surface area contributed by atoms with Gasteiger partial charge in [-0.3, -0.25) is 4.79 Å². The Kier molecular flexibility index (Phi) is 4.23. The Morgan fingerprint density at radius 3 is 2.75 bits per heavy atom. The van der Waals surface area contributed by atoms with Crippen molar-refractivity contribution in [1.82, 2.24) is 0 Å². The van der Waals surface area contributed by atoms with Crippen molar-refractivity contribution in [2.24, 2.45) is 0 Å². The zero-order valence-electron chi connectivity index (χ0n) is 9.09. The molecule has 0 aliphatic heterocycles. The first-order valence-corrected chi connectivity index (χ1v) is 4.99. The first-order chi connectivity index (χ1) is 7.43. The van der Waals surface area contributed by atoms with Gasteiger partial charge in [0.25, 0.3) is 0 Å². The van der Waals surface area contributed by atoms with Crippen LogP contribution in [0.1, 0.15) is 13.3 Å². The molecule has 90 valence electrons. The predicted octanol–water partition coefficient (Wildman–Crippen LogP) is -0.482. The molecule has 16 heavy (non-hydrogen) atoms. The molecule has 1 aliphatic carbocycles. The zero-order valence-corrected chi connectivity index (χ0v) is 9.09. The Hall–Kier alpha value is -1.17. The number of hydrogen-bond donors (Lipinski definition) is 3. The summed E-state index contributed by atoms with van der Waals surface area (Å²) in [6, 6.07) is 0. The minimum Gasteiger partial charge on any atom is -0.462 e. The Morgan fingerprint density at radius 2 is 2.19 bits per heavy atom. The molecule has 0 heterocycles. The highest BCUT2D eigenvalue weighted by Gasteiger charge is 2.34. The predicted molar refractivity (Wildman–Crippen MR) is 56.5 cm³/mol. The number of ether oxygens (including phenoxy) is 1. The van der Waals surface area contributed by atoms with Gasteiger partial charge in [-0.05, 0) is 17.2 Å². The van der Waals surface area contributed by atoms with Crippen LogP contribution in [0.3, 0.4) is 0 Å². The normalized spacial score (nSPS) is 32.9. The number of aliphatic hydroxyl groups is 3. The molecular weight excluding hydrogens is 212 g/mol. The van der Waals surface area contributed by atoms with Gasteiger partial charge in [-0.25, -0.2) is 0 Å². The molecule has 0 unspecified atom stereocenters. The summed E-state index contributed by atoms with van der Waals surface area (Å²) >= 11 is 0. The van der Waals surface area contributed by atoms with Gasteiger partial charge < -0.3 is 20.1 Å². The average Bonchev–Trinajstić information content (AvgIpc) is 2.22. The van der Waals surface area contributed by atoms with Crippen molar-refractivity contribution in [3.63, 3.8) is 0 Å². The van der Waals surface area contributed by atoms with Crippen LogP contribution < -0.4 is 0 Å². The maximum Gasteiger partial charge on any atom is 0.302 e. The van der Waals surface area contributed by atoms with Gasteiger partial charge in [0.2, 0.25) is 0 Å². The third-order valence-corrected chi connectivity index (χ3v) is 2.53. The fourth-order valence-electron chi connectivity index (χ4n) is 1.56. The van der Waals surface area contributed by atoms with Crippen LogP contribution in [-0.2, 0) is 9.53 Å². The molecule has 0 radical (unpaired) electrons. The van der Waals surface area contributed by atoms with Gasteiger partial charge in [-0.1, -0.05) is 6.58 Å². The fraction of sp³-hybridized carbons (Fsp3) is 0.545. The molecule has 5 heteroatoms. The van der Waals surface area contributed by atoms with Crippen LogP contribution in [0.25, 0.3) is 0 Å². The lowest BCUT2D eigenvalue weighted by Gasteiger charge is -2.32. The Labute approximate surface area is 93.7 Å². The molecule has 3 atom stereocenters. The minimum atomic E-state index is -1.21. The molecule has 0 spiro atoms. The van der Waals surface area contributed by atoms with E-state index in [9.17, 15) is 20.1 Å². The van der Waals surface area contributed by atoms with Gasteiger partial charge in [0.1, 0.15) is 18.8 Å². The molecule has 1 fully saturated rings. The smallest absolute Gasteiger partial charge is 0.302 e. The maximum absolute atomic E-state index is 10.5. The first kappa shape index (κ1) is 12.9. The van der Waals surface area contributed by atoms with Crippen molar-refractivity contribution in [2.45, 2.75) is 31.7 Å². The van der Waals surface area contributed by atoms with Crippen LogP contribution in [0.2, 0.25) is 0 Å². The summed E-state index contributed by atoms with van der Waals surface area (Å²) in [6.07, 6.45) is -1.64. The summed E-state index contributed by atoms with van der Waals surface area (Å²) in [5.41, 5.74) is 0.955. The van der Waals surface area contributed by atoms with Crippen LogP contribution in [0, 0.1) is 0 Å². The van der Waals surface area contributed by atoms with E-state index in [0.29, 0.717) is 11.1 Å². The molecule has 0 aromatic rings. The molecule has 0 aromatic carbocycles. The summed E-state index contributed by atoms with van der Waals surface area (Å²) in [7, 11) is 0. The van der Waals surface area contributed by atoms with E-state index in [2.05, 4.69) is 6.58 Å². The van der Waals surface area contributed by atoms with Crippen LogP contribution in [-0.4, -0.2) is 46.2 Å². The van der Waals surface area contributed by atoms with Crippen molar-refractivity contribution in [2.75, 3.05) is 6.61 Å². The summed E-state index contributed by atoms with van der Waals surface area (Å²) < 4.78 is 4.71. The van der Waals surface area contributed by atoms with E-state index in [1.54, 1.807) is 6.08 Å². The molecule has 5 nitrogen and oxygen atoms in total. The van der Waals surface area contributed by atoms with E-state index < -0.39 is 24.3 Å². The number of esters is 1. The lowest BCUT2D eigenvalue weighted by atomic mass is 9.84. The molecule has 0 saturated heterocycles. The van der Waals surface area contributed by atoms with Crippen LogP contribution in [0.5, 0.6) is 0 Å². The Morgan fingerprint density at radius 1 is 1.56 bits per heavy atom. The molecule has 0 amide bonds. The van der Waals surface area contributed by atoms with Gasteiger partial charge in [0.15, 0.2) is 0 Å². The van der Waals surface area contributed by atoms with Gasteiger partial charge in [-0.2, -0.15) is 0 Å². The number of rotatable bonds is 2. The molecule has 1 aliphatic rings. The fourth-order valence-corrected chi connectivity index (χ4v) is 1.56. The van der Waals surface area contributed by atoms with Crippen molar-refractivity contribution in [3.8, 4) is 0 Å². The number of aliphatic hydroxyl groups excluding tert-OH is 3. The van der Waals surface area contributed by atoms with Crippen molar-refractivity contribution >= 4 is 5.97 Å². The van der Waals surface area contributed by atoms with Gasteiger partial charge in [0, 0.05) is 13.3 Å². The summed E-state index contributed by atoms with van der Waals surface area (Å²) in [4.78, 5) is 10.5. The summed E-state index contributed by atoms with van der Waals surface area (Å²) in [5.74, 6) is -0.403. The number of carbonyl (C=O) groups excluding carboxylic acids is 1. The van der Waals surface area contributed by atoms with E-state index in [1.807, 2.05) is 0 Å². The third kappa shape index (κ3) is 2.91. The van der Waals surface area contributed by atoms with Gasteiger partial charge in [-0.15, -0.1) is 0 Å². The third-order valence-electron chi connectivity index (χ3n) is 2.53. The molecule has 1 rings (SSSR count). The first-order valence-electron chi connectivity index (χ1n) is 4.99. The van der Waals surface area contributed by atoms with E-state index in [4.69, 9.17) is 4.74 Å². The van der Waals surface area contributed by atoms with Gasteiger partial charge >= 0.3 is 5.97 Å². The van der Waals surface area contributed by atoms with Crippen molar-refractivity contribution in [3.05, 3.63) is 23.8 Å². The Bertz CT molecular complexity index is 320. The van der Waals surface area contributed by atoms with E-state index in [-0.39, 0.29) is 13.0 Å². The summed E-state index contributed by atoms with van der Waals surface area (Å²) in [5, 5.41) is 28.4. The number of hydrogen-bond acceptors (Lipinski definition) is 5. The second kappa shape index (κ2) is 5.25. The van der Waals surface area contributed by atoms with E-state index in [1.165, 1.54) is 6.92 Å². The monoisotopic (exact) mass is 228 g/mol. The summed E-state index contributed by atoms with van der Waals surface area (Å²) in [6.45, 7) is 4.99. The zero-order chi connectivity index (χ0) is 12.3. The molecule has 0 bridgehead atoms. The lowest BCUT2D eigenvalue weighted by Crippen LogP contribution is -2.43. The van der Waals surface area contributed by atoms with Gasteiger partial charge in [0.05, 0.1) is 6.10 Å². The SMILES string of the molecule is C=C1/C(=C\COC(C)=O)C[C@@H](O)[C@@H](O)[C@@H]1O. The average molecular weight is 228 g/mol. The van der Waals surface area contributed by atoms with E-state index in [0.717, 1.165) is 0 Å². The highest BCUT2D eigenvalue weighted by molar-refractivity contribution is 5.66. The molecule has 1 saturated carbocycles. The second-order valence-corrected chi connectivity index (χ2v) is 3.76. The van der Waals surface area contributed by atoms with E-state index >= 15 is 0 Å². The molecule has 3 N–H and O–H groups in total. The van der Waals surface area contributed by atoms with Crippen LogP contribution in [0.15, 0.2) is 23.8 Å². The largest absolute Gasteiger partial charge is 0.462 e. The quantitative estimate of drug-likeness (QED) is 0.556. The highest BCUT2D eigenvalue weighted by atomic mass is 16.5. The topological polar surface area (TPSA) is 87.0 Å². The maximum atomic E-state index is 10.5. The van der Waals surface area contributed by atoms with Crippen molar-refractivity contribution < 1.29 is 24.9 Å². The Balaban J connectivity index is 2.66. The lowest BCUT2D eigenvalue weighted by molar-refractivity contribution is -0.139. The molecule has 0 aromatic heterocycles. The standard InChI is InChI=1S/C11H16O5/c1-6-8(3-4-16-7(2)12)5-9(13)11(15)10(6)14/h3,9-11,13-15H,1,4-5H2,2H3/b8-3-/t9-,10-,11-/m1/s1. The highest BCUT2D eigenvalue weighted by Crippen LogP contribution is 2.28. The number of carbonyl (C=O) groups is 1. The van der Waals surface area contributed by atoms with Crippen molar-refractivity contribution in [1.29, 1.82) is 0 Å². The minimum absolute atomic E-state index is 0.0687.